The van der Waals surface area contributed by atoms with Gasteiger partial charge in [-0.05, 0) is 24.5 Å². The molecule has 0 saturated heterocycles. The number of benzene rings is 1. The third-order valence-corrected chi connectivity index (χ3v) is 4.34. The molecular formula is C15H14BrClN2. The maximum atomic E-state index is 6.18. The van der Waals surface area contributed by atoms with Crippen LogP contribution in [-0.4, -0.2) is 9.97 Å². The van der Waals surface area contributed by atoms with Crippen LogP contribution in [0.3, 0.4) is 0 Å². The summed E-state index contributed by atoms with van der Waals surface area (Å²) in [5, 5.41) is 1.61. The van der Waals surface area contributed by atoms with E-state index < -0.39 is 0 Å². The summed E-state index contributed by atoms with van der Waals surface area (Å²) in [5.74, 6) is 1.50. The van der Waals surface area contributed by atoms with Gasteiger partial charge < -0.3 is 0 Å². The smallest absolute Gasteiger partial charge is 0.132 e. The molecule has 2 aromatic rings. The zero-order chi connectivity index (χ0) is 13.2. The maximum Gasteiger partial charge on any atom is 0.132 e. The van der Waals surface area contributed by atoms with Crippen molar-refractivity contribution in [1.82, 2.24) is 9.97 Å². The van der Waals surface area contributed by atoms with Gasteiger partial charge in [-0.1, -0.05) is 45.7 Å². The van der Waals surface area contributed by atoms with E-state index in [9.17, 15) is 0 Å². The van der Waals surface area contributed by atoms with E-state index >= 15 is 0 Å². The van der Waals surface area contributed by atoms with E-state index in [4.69, 9.17) is 16.6 Å². The minimum absolute atomic E-state index is 0.639. The Labute approximate surface area is 126 Å². The lowest BCUT2D eigenvalue weighted by molar-refractivity contribution is 0.880. The summed E-state index contributed by atoms with van der Waals surface area (Å²) >= 11 is 9.69. The van der Waals surface area contributed by atoms with Crippen molar-refractivity contribution in [1.29, 1.82) is 0 Å². The molecule has 19 heavy (non-hydrogen) atoms. The Hall–Kier alpha value is -0.930. The quantitative estimate of drug-likeness (QED) is 0.768. The molecule has 98 valence electrons. The second-order valence-corrected chi connectivity index (χ2v) is 5.84. The number of aromatic nitrogens is 2. The van der Waals surface area contributed by atoms with Crippen molar-refractivity contribution in [3.8, 4) is 0 Å². The van der Waals surface area contributed by atoms with E-state index in [2.05, 4.69) is 20.9 Å². The largest absolute Gasteiger partial charge is 0.241 e. The van der Waals surface area contributed by atoms with Crippen LogP contribution in [-0.2, 0) is 11.8 Å². The summed E-state index contributed by atoms with van der Waals surface area (Å²) in [7, 11) is 0. The average molecular weight is 338 g/mol. The van der Waals surface area contributed by atoms with Gasteiger partial charge in [0.2, 0.25) is 0 Å². The molecule has 0 atom stereocenters. The van der Waals surface area contributed by atoms with Crippen LogP contribution in [0.2, 0.25) is 5.02 Å². The van der Waals surface area contributed by atoms with Crippen molar-refractivity contribution < 1.29 is 0 Å². The fourth-order valence-corrected chi connectivity index (χ4v) is 2.80. The third kappa shape index (κ3) is 2.98. The molecule has 1 saturated carbocycles. The highest BCUT2D eigenvalue weighted by Gasteiger charge is 2.27. The first-order valence-corrected chi connectivity index (χ1v) is 7.92. The summed E-state index contributed by atoms with van der Waals surface area (Å²) < 4.78 is 0. The molecule has 0 spiro atoms. The van der Waals surface area contributed by atoms with Crippen molar-refractivity contribution in [2.75, 3.05) is 0 Å². The Balaban J connectivity index is 1.89. The van der Waals surface area contributed by atoms with Crippen molar-refractivity contribution in [2.24, 2.45) is 0 Å². The zero-order valence-electron chi connectivity index (χ0n) is 10.4. The van der Waals surface area contributed by atoms with Crippen LogP contribution >= 0.6 is 27.5 Å². The van der Waals surface area contributed by atoms with Gasteiger partial charge in [0.1, 0.15) is 5.82 Å². The molecular weight excluding hydrogens is 324 g/mol. The van der Waals surface area contributed by atoms with Crippen LogP contribution in [0.25, 0.3) is 0 Å². The molecule has 2 nitrogen and oxygen atoms in total. The molecule has 1 heterocycles. The summed E-state index contributed by atoms with van der Waals surface area (Å²) in [6.07, 6.45) is 5.15. The molecule has 0 radical (unpaired) electrons. The fourth-order valence-electron chi connectivity index (χ4n) is 2.17. The van der Waals surface area contributed by atoms with Gasteiger partial charge in [0.25, 0.3) is 0 Å². The number of rotatable bonds is 4. The molecule has 1 aromatic heterocycles. The van der Waals surface area contributed by atoms with E-state index in [1.54, 1.807) is 0 Å². The van der Waals surface area contributed by atoms with Crippen LogP contribution in [0, 0.1) is 0 Å². The Morgan fingerprint density at radius 2 is 2.00 bits per heavy atom. The van der Waals surface area contributed by atoms with Gasteiger partial charge >= 0.3 is 0 Å². The first-order chi connectivity index (χ1) is 9.28. The van der Waals surface area contributed by atoms with Crippen LogP contribution in [0.4, 0.5) is 0 Å². The molecule has 1 aliphatic rings. The summed E-state index contributed by atoms with van der Waals surface area (Å²) in [6.45, 7) is 0. The van der Waals surface area contributed by atoms with Crippen LogP contribution in [0.1, 0.15) is 41.4 Å². The summed E-state index contributed by atoms with van der Waals surface area (Å²) in [5.41, 5.74) is 3.51. The second kappa shape index (κ2) is 5.59. The number of nitrogens with zero attached hydrogens (tertiary/aromatic N) is 2. The van der Waals surface area contributed by atoms with Gasteiger partial charge in [-0.3, -0.25) is 0 Å². The molecule has 1 aromatic carbocycles. The van der Waals surface area contributed by atoms with Crippen LogP contribution in [0.5, 0.6) is 0 Å². The highest BCUT2D eigenvalue weighted by atomic mass is 79.9. The van der Waals surface area contributed by atoms with Gasteiger partial charge in [0, 0.05) is 34.5 Å². The SMILES string of the molecule is Clc1ccccc1Cc1ncc(CBr)c(C2CC2)n1. The van der Waals surface area contributed by atoms with E-state index in [0.717, 1.165) is 21.7 Å². The van der Waals surface area contributed by atoms with Crippen molar-refractivity contribution >= 4 is 27.5 Å². The van der Waals surface area contributed by atoms with Gasteiger partial charge in [-0.2, -0.15) is 0 Å². The van der Waals surface area contributed by atoms with E-state index in [-0.39, 0.29) is 0 Å². The first-order valence-electron chi connectivity index (χ1n) is 6.42. The van der Waals surface area contributed by atoms with Gasteiger partial charge in [0.15, 0.2) is 0 Å². The van der Waals surface area contributed by atoms with Gasteiger partial charge in [0.05, 0.1) is 5.69 Å². The lowest BCUT2D eigenvalue weighted by atomic mass is 10.1. The van der Waals surface area contributed by atoms with Crippen molar-refractivity contribution in [3.63, 3.8) is 0 Å². The Morgan fingerprint density at radius 3 is 2.68 bits per heavy atom. The maximum absolute atomic E-state index is 6.18. The molecule has 1 fully saturated rings. The molecule has 1 aliphatic carbocycles. The molecule has 0 unspecified atom stereocenters. The van der Waals surface area contributed by atoms with Gasteiger partial charge in [-0.15, -0.1) is 0 Å². The summed E-state index contributed by atoms with van der Waals surface area (Å²) in [4.78, 5) is 9.20. The average Bonchev–Trinajstić information content (AvgIpc) is 3.26. The molecule has 4 heteroatoms. The zero-order valence-corrected chi connectivity index (χ0v) is 12.8. The second-order valence-electron chi connectivity index (χ2n) is 4.87. The van der Waals surface area contributed by atoms with E-state index in [0.29, 0.717) is 12.3 Å². The fraction of sp³-hybridized carbons (Fsp3) is 0.333. The highest BCUT2D eigenvalue weighted by Crippen LogP contribution is 2.41. The molecule has 3 rings (SSSR count). The van der Waals surface area contributed by atoms with Crippen molar-refractivity contribution in [2.45, 2.75) is 30.5 Å². The van der Waals surface area contributed by atoms with Crippen molar-refractivity contribution in [3.05, 3.63) is 58.1 Å². The normalized spacial score (nSPS) is 14.6. The van der Waals surface area contributed by atoms with E-state index in [1.807, 2.05) is 30.5 Å². The lowest BCUT2D eigenvalue weighted by Crippen LogP contribution is -2.03. The molecule has 0 N–H and O–H groups in total. The first kappa shape index (κ1) is 13.1. The Morgan fingerprint density at radius 1 is 1.21 bits per heavy atom. The number of halogens is 2. The summed E-state index contributed by atoms with van der Waals surface area (Å²) in [6, 6.07) is 7.87. The van der Waals surface area contributed by atoms with Gasteiger partial charge in [-0.25, -0.2) is 9.97 Å². The Kier molecular flexibility index (Phi) is 3.85. The monoisotopic (exact) mass is 336 g/mol. The highest BCUT2D eigenvalue weighted by molar-refractivity contribution is 9.08. The minimum Gasteiger partial charge on any atom is -0.241 e. The topological polar surface area (TPSA) is 25.8 Å². The number of alkyl halides is 1. The standard InChI is InChI=1S/C15H14BrClN2/c16-8-12-9-18-14(19-15(12)10-5-6-10)7-11-3-1-2-4-13(11)17/h1-4,9-10H,5-8H2. The number of hydrogen-bond donors (Lipinski definition) is 0. The predicted molar refractivity (Wildman–Crippen MR) is 80.9 cm³/mol. The van der Waals surface area contributed by atoms with Crippen LogP contribution < -0.4 is 0 Å². The molecule has 0 bridgehead atoms. The van der Waals surface area contributed by atoms with E-state index in [1.165, 1.54) is 24.1 Å². The minimum atomic E-state index is 0.639. The van der Waals surface area contributed by atoms with Crippen LogP contribution in [0.15, 0.2) is 30.5 Å². The third-order valence-electron chi connectivity index (χ3n) is 3.36. The number of hydrogen-bond acceptors (Lipinski definition) is 2. The predicted octanol–water partition coefficient (Wildman–Crippen LogP) is 4.49. The molecule has 0 amide bonds. The lowest BCUT2D eigenvalue weighted by Gasteiger charge is -2.08. The molecule has 0 aliphatic heterocycles. The Bertz CT molecular complexity index is 596.